The molecule has 0 aromatic heterocycles. The van der Waals surface area contributed by atoms with Crippen LogP contribution in [0.25, 0.3) is 0 Å². The number of phosphoric ester groups is 1. The quantitative estimate of drug-likeness (QED) is 0.156. The van der Waals surface area contributed by atoms with E-state index in [0.29, 0.717) is 29.4 Å². The topological polar surface area (TPSA) is 224 Å². The van der Waals surface area contributed by atoms with Gasteiger partial charge in [0.25, 0.3) is 5.91 Å². The Morgan fingerprint density at radius 2 is 1.66 bits per heavy atom. The van der Waals surface area contributed by atoms with Gasteiger partial charge >= 0.3 is 13.8 Å². The van der Waals surface area contributed by atoms with E-state index in [1.807, 2.05) is 0 Å². The maximum Gasteiger partial charge on any atom is 0.524 e. The molecule has 1 aliphatic rings. The molecular weight excluding hydrogens is 597 g/mol. The summed E-state index contributed by atoms with van der Waals surface area (Å²) in [5.74, 6) is -3.01. The summed E-state index contributed by atoms with van der Waals surface area (Å²) in [7, 11) is -5.06. The van der Waals surface area contributed by atoms with Crippen LogP contribution in [0.5, 0.6) is 17.2 Å². The molecule has 0 aliphatic heterocycles. The van der Waals surface area contributed by atoms with Gasteiger partial charge in [-0.15, -0.1) is 0 Å². The van der Waals surface area contributed by atoms with Crippen molar-refractivity contribution in [3.63, 3.8) is 0 Å². The van der Waals surface area contributed by atoms with Gasteiger partial charge in [-0.3, -0.25) is 24.2 Å². The van der Waals surface area contributed by atoms with Crippen LogP contribution in [0.15, 0.2) is 36.4 Å². The number of phosphoric acid groups is 1. The first-order valence-electron chi connectivity index (χ1n) is 14.1. The van der Waals surface area contributed by atoms with Crippen molar-refractivity contribution in [1.29, 1.82) is 0 Å². The van der Waals surface area contributed by atoms with Crippen molar-refractivity contribution in [1.82, 2.24) is 10.6 Å². The van der Waals surface area contributed by atoms with Crippen LogP contribution < -0.4 is 30.4 Å². The van der Waals surface area contributed by atoms with Crippen LogP contribution >= 0.6 is 7.82 Å². The van der Waals surface area contributed by atoms with Crippen molar-refractivity contribution in [2.45, 2.75) is 64.5 Å². The summed E-state index contributed by atoms with van der Waals surface area (Å²) in [4.78, 5) is 66.9. The predicted molar refractivity (Wildman–Crippen MR) is 157 cm³/mol. The molecule has 0 spiro atoms. The first kappa shape index (κ1) is 34.4. The molecule has 240 valence electrons. The molecule has 15 heteroatoms. The number of nitrogens with one attached hydrogen (secondary N) is 2. The number of carboxylic acids is 1. The van der Waals surface area contributed by atoms with Gasteiger partial charge in [0, 0.05) is 13.3 Å². The fourth-order valence-electron chi connectivity index (χ4n) is 4.92. The largest absolute Gasteiger partial charge is 0.524 e. The number of ether oxygens (including phenoxy) is 2. The Labute approximate surface area is 254 Å². The van der Waals surface area contributed by atoms with E-state index in [0.717, 1.165) is 25.7 Å². The Kier molecular flexibility index (Phi) is 12.1. The lowest BCUT2D eigenvalue weighted by Gasteiger charge is -2.23. The number of hydrogen-bond donors (Lipinski definition) is 6. The Balaban J connectivity index is 1.76. The van der Waals surface area contributed by atoms with Crippen molar-refractivity contribution in [2.24, 2.45) is 11.7 Å². The number of amides is 3. The number of rotatable bonds is 15. The summed E-state index contributed by atoms with van der Waals surface area (Å²) < 4.78 is 27.1. The summed E-state index contributed by atoms with van der Waals surface area (Å²) >= 11 is 0. The van der Waals surface area contributed by atoms with Crippen molar-refractivity contribution in [3.8, 4) is 17.2 Å². The van der Waals surface area contributed by atoms with Gasteiger partial charge in [-0.05, 0) is 61.1 Å². The molecule has 14 nitrogen and oxygen atoms in total. The molecule has 0 radical (unpaired) electrons. The number of carboxylic acid groups (broad SMARTS) is 1. The highest BCUT2D eigenvalue weighted by Crippen LogP contribution is 2.42. The van der Waals surface area contributed by atoms with Gasteiger partial charge in [-0.2, -0.15) is 0 Å². The molecule has 3 rings (SSSR count). The summed E-state index contributed by atoms with van der Waals surface area (Å²) in [6.07, 6.45) is 5.54. The molecule has 0 bridgehead atoms. The fourth-order valence-corrected chi connectivity index (χ4v) is 5.32. The third kappa shape index (κ3) is 10.9. The van der Waals surface area contributed by atoms with E-state index in [2.05, 4.69) is 15.2 Å². The third-order valence-corrected chi connectivity index (χ3v) is 7.47. The van der Waals surface area contributed by atoms with Crippen molar-refractivity contribution in [2.75, 3.05) is 13.2 Å². The van der Waals surface area contributed by atoms with Gasteiger partial charge in [0.2, 0.25) is 11.8 Å². The van der Waals surface area contributed by atoms with E-state index in [1.54, 1.807) is 25.1 Å². The molecule has 44 heavy (non-hydrogen) atoms. The second-order valence-electron chi connectivity index (χ2n) is 10.7. The van der Waals surface area contributed by atoms with E-state index in [9.17, 15) is 33.5 Å². The average Bonchev–Trinajstić information content (AvgIpc) is 2.94. The zero-order valence-electron chi connectivity index (χ0n) is 24.5. The monoisotopic (exact) mass is 635 g/mol. The van der Waals surface area contributed by atoms with Crippen LogP contribution in [-0.2, 0) is 25.4 Å². The van der Waals surface area contributed by atoms with Crippen LogP contribution in [0.4, 0.5) is 0 Å². The number of primary amides is 1. The number of benzene rings is 2. The van der Waals surface area contributed by atoms with Gasteiger partial charge < -0.3 is 35.5 Å². The van der Waals surface area contributed by atoms with Crippen molar-refractivity contribution >= 4 is 31.5 Å². The standard InChI is InChI=1S/C29H38N3O11P/c1-17(21-9-11-24(22(14-21)28(30)36)41-15-19-6-4-3-5-7-19)31-29(37)23(32-18(2)33)12-20-8-10-25(42-16-27(34)35)26(13-20)43-44(38,39)40/h8-11,13-14,17,19,23H,3-7,12,15-16H2,1-2H3,(H2,30,36)(H,31,37)(H,32,33)(H,34,35)(H2,38,39,40)/t17-,23+/m1/s1. The van der Waals surface area contributed by atoms with Crippen LogP contribution in [0, 0.1) is 5.92 Å². The molecule has 3 amide bonds. The highest BCUT2D eigenvalue weighted by Gasteiger charge is 2.25. The second-order valence-corrected chi connectivity index (χ2v) is 11.8. The molecule has 7 N–H and O–H groups in total. The number of aliphatic carboxylic acids is 1. The van der Waals surface area contributed by atoms with E-state index in [1.165, 1.54) is 31.5 Å². The lowest BCUT2D eigenvalue weighted by atomic mass is 9.90. The Hall–Kier alpha value is -4.13. The van der Waals surface area contributed by atoms with Gasteiger partial charge in [-0.25, -0.2) is 9.36 Å². The first-order chi connectivity index (χ1) is 20.7. The molecular formula is C29H38N3O11P. The first-order valence-corrected chi connectivity index (χ1v) is 15.6. The zero-order chi connectivity index (χ0) is 32.4. The van der Waals surface area contributed by atoms with Crippen molar-refractivity contribution < 1.29 is 52.6 Å². The zero-order valence-corrected chi connectivity index (χ0v) is 25.4. The van der Waals surface area contributed by atoms with E-state index in [-0.39, 0.29) is 17.7 Å². The number of carbonyl (C=O) groups excluding carboxylic acids is 3. The van der Waals surface area contributed by atoms with Crippen LogP contribution in [-0.4, -0.2) is 57.8 Å². The van der Waals surface area contributed by atoms with Crippen LogP contribution in [0.2, 0.25) is 0 Å². The predicted octanol–water partition coefficient (Wildman–Crippen LogP) is 2.60. The van der Waals surface area contributed by atoms with E-state index >= 15 is 0 Å². The number of hydrogen-bond acceptors (Lipinski definition) is 8. The van der Waals surface area contributed by atoms with Gasteiger partial charge in [-0.1, -0.05) is 31.4 Å². The maximum atomic E-state index is 13.3. The molecule has 1 aliphatic carbocycles. The highest BCUT2D eigenvalue weighted by molar-refractivity contribution is 7.46. The minimum atomic E-state index is -5.06. The molecule has 0 unspecified atom stereocenters. The Morgan fingerprint density at radius 3 is 2.27 bits per heavy atom. The fraction of sp³-hybridized carbons (Fsp3) is 0.448. The summed E-state index contributed by atoms with van der Waals surface area (Å²) in [5, 5.41) is 14.2. The molecule has 0 heterocycles. The molecule has 1 saturated carbocycles. The third-order valence-electron chi connectivity index (χ3n) is 7.04. The van der Waals surface area contributed by atoms with Gasteiger partial charge in [0.1, 0.15) is 11.8 Å². The lowest BCUT2D eigenvalue weighted by Crippen LogP contribution is -2.48. The molecule has 1 fully saturated rings. The average molecular weight is 636 g/mol. The number of nitrogens with two attached hydrogens (primary N) is 1. The molecule has 0 saturated heterocycles. The second kappa shape index (κ2) is 15.6. The Bertz CT molecular complexity index is 1400. The maximum absolute atomic E-state index is 13.3. The summed E-state index contributed by atoms with van der Waals surface area (Å²) in [6, 6.07) is 7.00. The molecule has 2 aromatic rings. The van der Waals surface area contributed by atoms with Crippen molar-refractivity contribution in [3.05, 3.63) is 53.1 Å². The summed E-state index contributed by atoms with van der Waals surface area (Å²) in [6.45, 7) is 2.60. The SMILES string of the molecule is CC(=O)N[C@@H](Cc1ccc(OCC(=O)O)c(OP(=O)(O)O)c1)C(=O)N[C@H](C)c1ccc(OCC2CCCCC2)c(C(N)=O)c1. The minimum absolute atomic E-state index is 0.130. The lowest BCUT2D eigenvalue weighted by molar-refractivity contribution is -0.139. The summed E-state index contributed by atoms with van der Waals surface area (Å²) in [5.41, 5.74) is 6.69. The van der Waals surface area contributed by atoms with Gasteiger partial charge in [0.15, 0.2) is 18.1 Å². The van der Waals surface area contributed by atoms with E-state index < -0.39 is 56.0 Å². The normalized spacial score (nSPS) is 15.0. The van der Waals surface area contributed by atoms with Crippen LogP contribution in [0.3, 0.4) is 0 Å². The van der Waals surface area contributed by atoms with E-state index in [4.69, 9.17) is 20.3 Å². The highest BCUT2D eigenvalue weighted by atomic mass is 31.2. The van der Waals surface area contributed by atoms with Gasteiger partial charge in [0.05, 0.1) is 18.2 Å². The molecule has 2 atom stereocenters. The molecule has 2 aromatic carbocycles. The van der Waals surface area contributed by atoms with Crippen LogP contribution in [0.1, 0.15) is 73.5 Å². The number of carbonyl (C=O) groups is 4. The smallest absolute Gasteiger partial charge is 0.492 e. The Morgan fingerprint density at radius 1 is 0.977 bits per heavy atom. The minimum Gasteiger partial charge on any atom is -0.492 e.